The average Bonchev–Trinajstić information content (AvgIpc) is 2.16. The van der Waals surface area contributed by atoms with Crippen molar-refractivity contribution in [3.63, 3.8) is 0 Å². The molecule has 0 fully saturated rings. The number of hydrogen-bond donors (Lipinski definition) is 0. The van der Waals surface area contributed by atoms with E-state index in [1.165, 1.54) is 0 Å². The van der Waals surface area contributed by atoms with Crippen molar-refractivity contribution in [3.8, 4) is 5.75 Å². The minimum absolute atomic E-state index is 0.0823. The first-order valence-electron chi connectivity index (χ1n) is 4.29. The van der Waals surface area contributed by atoms with Gasteiger partial charge < -0.3 is 4.74 Å². The lowest BCUT2D eigenvalue weighted by Crippen LogP contribution is -1.98. The summed E-state index contributed by atoms with van der Waals surface area (Å²) in [4.78, 5) is 12.6. The van der Waals surface area contributed by atoms with Gasteiger partial charge in [0, 0.05) is 15.0 Å². The Morgan fingerprint density at radius 1 is 1.29 bits per heavy atom. The van der Waals surface area contributed by atoms with Gasteiger partial charge in [-0.15, -0.1) is 11.3 Å². The molecule has 0 aliphatic carbocycles. The summed E-state index contributed by atoms with van der Waals surface area (Å²) in [5.41, 5.74) is 0.0823. The Balaban J connectivity index is 2.82. The molecular formula is C11H10O2S. The van der Waals surface area contributed by atoms with Gasteiger partial charge in [0.15, 0.2) is 5.43 Å². The van der Waals surface area contributed by atoms with Crippen LogP contribution in [0.5, 0.6) is 5.75 Å². The van der Waals surface area contributed by atoms with Crippen LogP contribution in [0.2, 0.25) is 0 Å². The van der Waals surface area contributed by atoms with Gasteiger partial charge >= 0.3 is 0 Å². The summed E-state index contributed by atoms with van der Waals surface area (Å²) in [5, 5.41) is 0.765. The fraction of sp³-hybridized carbons (Fsp3) is 0.182. The van der Waals surface area contributed by atoms with E-state index in [1.807, 2.05) is 25.1 Å². The number of aryl methyl sites for hydroxylation is 1. The number of methoxy groups -OCH3 is 1. The molecule has 0 atom stereocenters. The Morgan fingerprint density at radius 3 is 2.79 bits per heavy atom. The van der Waals surface area contributed by atoms with Crippen molar-refractivity contribution >= 4 is 21.4 Å². The van der Waals surface area contributed by atoms with E-state index in [-0.39, 0.29) is 5.43 Å². The summed E-state index contributed by atoms with van der Waals surface area (Å²) in [6.45, 7) is 1.94. The molecule has 2 rings (SSSR count). The van der Waals surface area contributed by atoms with Crippen LogP contribution in [0.1, 0.15) is 4.88 Å². The van der Waals surface area contributed by atoms with E-state index >= 15 is 0 Å². The van der Waals surface area contributed by atoms with E-state index in [9.17, 15) is 4.79 Å². The van der Waals surface area contributed by atoms with Crippen molar-refractivity contribution in [2.45, 2.75) is 6.92 Å². The molecule has 72 valence electrons. The number of fused-ring (bicyclic) bond motifs is 1. The van der Waals surface area contributed by atoms with Crippen LogP contribution >= 0.6 is 11.3 Å². The summed E-state index contributed by atoms with van der Waals surface area (Å²) in [5.74, 6) is 0.791. The van der Waals surface area contributed by atoms with Gasteiger partial charge in [-0.1, -0.05) is 0 Å². The van der Waals surface area contributed by atoms with Crippen LogP contribution in [0.15, 0.2) is 29.1 Å². The van der Waals surface area contributed by atoms with Crippen LogP contribution in [0, 0.1) is 6.92 Å². The van der Waals surface area contributed by atoms with E-state index in [1.54, 1.807) is 24.5 Å². The van der Waals surface area contributed by atoms with Crippen molar-refractivity contribution in [1.29, 1.82) is 0 Å². The molecule has 0 saturated heterocycles. The highest BCUT2D eigenvalue weighted by Crippen LogP contribution is 2.23. The molecule has 0 bridgehead atoms. The molecule has 2 aromatic rings. The van der Waals surface area contributed by atoms with Crippen LogP contribution in [-0.2, 0) is 0 Å². The fourth-order valence-corrected chi connectivity index (χ4v) is 2.35. The Morgan fingerprint density at radius 2 is 2.07 bits per heavy atom. The van der Waals surface area contributed by atoms with Gasteiger partial charge in [0.1, 0.15) is 5.75 Å². The minimum Gasteiger partial charge on any atom is -0.497 e. The third-order valence-electron chi connectivity index (χ3n) is 2.06. The first-order chi connectivity index (χ1) is 6.70. The molecule has 2 nitrogen and oxygen atoms in total. The molecule has 1 aromatic carbocycles. The summed E-state index contributed by atoms with van der Waals surface area (Å²) >= 11 is 1.61. The van der Waals surface area contributed by atoms with E-state index in [0.29, 0.717) is 0 Å². The number of hydrogen-bond acceptors (Lipinski definition) is 3. The second-order valence-electron chi connectivity index (χ2n) is 3.08. The molecule has 1 aromatic heterocycles. The SMILES string of the molecule is COc1ccc2c(=O)cc(C)sc2c1. The lowest BCUT2D eigenvalue weighted by atomic mass is 10.2. The summed E-state index contributed by atoms with van der Waals surface area (Å²) in [6.07, 6.45) is 0. The highest BCUT2D eigenvalue weighted by molar-refractivity contribution is 7.18. The standard InChI is InChI=1S/C11H10O2S/c1-7-5-10(12)9-4-3-8(13-2)6-11(9)14-7/h3-6H,1-2H3. The fourth-order valence-electron chi connectivity index (χ4n) is 1.38. The summed E-state index contributed by atoms with van der Waals surface area (Å²) in [6, 6.07) is 7.19. The van der Waals surface area contributed by atoms with Crippen LogP contribution in [0.3, 0.4) is 0 Å². The second kappa shape index (κ2) is 3.42. The van der Waals surface area contributed by atoms with Crippen molar-refractivity contribution < 1.29 is 4.74 Å². The highest BCUT2D eigenvalue weighted by atomic mass is 32.1. The molecule has 0 spiro atoms. The van der Waals surface area contributed by atoms with Crippen molar-refractivity contribution in [1.82, 2.24) is 0 Å². The maximum atomic E-state index is 11.6. The van der Waals surface area contributed by atoms with Gasteiger partial charge in [0.25, 0.3) is 0 Å². The molecule has 0 radical (unpaired) electrons. The molecule has 0 amide bonds. The van der Waals surface area contributed by atoms with E-state index in [0.717, 1.165) is 20.7 Å². The molecule has 0 saturated carbocycles. The van der Waals surface area contributed by atoms with Crippen LogP contribution < -0.4 is 10.2 Å². The number of benzene rings is 1. The Kier molecular flexibility index (Phi) is 2.25. The number of ether oxygens (including phenoxy) is 1. The molecule has 3 heteroatoms. The molecule has 0 unspecified atom stereocenters. The molecular weight excluding hydrogens is 196 g/mol. The van der Waals surface area contributed by atoms with Crippen LogP contribution in [0.4, 0.5) is 0 Å². The number of rotatable bonds is 1. The Bertz CT molecular complexity index is 528. The van der Waals surface area contributed by atoms with Crippen molar-refractivity contribution in [2.75, 3.05) is 7.11 Å². The zero-order chi connectivity index (χ0) is 10.1. The average molecular weight is 206 g/mol. The normalized spacial score (nSPS) is 10.4. The van der Waals surface area contributed by atoms with Gasteiger partial charge in [-0.05, 0) is 31.2 Å². The topological polar surface area (TPSA) is 26.3 Å². The molecule has 0 N–H and O–H groups in total. The smallest absolute Gasteiger partial charge is 0.188 e. The Hall–Kier alpha value is -1.35. The van der Waals surface area contributed by atoms with Crippen molar-refractivity contribution in [3.05, 3.63) is 39.4 Å². The quantitative estimate of drug-likeness (QED) is 0.716. The van der Waals surface area contributed by atoms with Gasteiger partial charge in [-0.25, -0.2) is 0 Å². The maximum absolute atomic E-state index is 11.6. The van der Waals surface area contributed by atoms with E-state index < -0.39 is 0 Å². The van der Waals surface area contributed by atoms with Gasteiger partial charge in [0.2, 0.25) is 0 Å². The predicted octanol–water partition coefficient (Wildman–Crippen LogP) is 2.58. The van der Waals surface area contributed by atoms with Crippen LogP contribution in [-0.4, -0.2) is 7.11 Å². The summed E-state index contributed by atoms with van der Waals surface area (Å²) in [7, 11) is 1.62. The first kappa shape index (κ1) is 9.21. The molecule has 14 heavy (non-hydrogen) atoms. The zero-order valence-electron chi connectivity index (χ0n) is 8.03. The molecule has 1 heterocycles. The maximum Gasteiger partial charge on any atom is 0.188 e. The van der Waals surface area contributed by atoms with Gasteiger partial charge in [-0.2, -0.15) is 0 Å². The van der Waals surface area contributed by atoms with E-state index in [4.69, 9.17) is 4.74 Å². The van der Waals surface area contributed by atoms with Gasteiger partial charge in [0.05, 0.1) is 7.11 Å². The lowest BCUT2D eigenvalue weighted by Gasteiger charge is -2.01. The molecule has 0 aliphatic rings. The zero-order valence-corrected chi connectivity index (χ0v) is 8.85. The van der Waals surface area contributed by atoms with Gasteiger partial charge in [-0.3, -0.25) is 4.79 Å². The second-order valence-corrected chi connectivity index (χ2v) is 4.37. The molecule has 0 aliphatic heterocycles. The third-order valence-corrected chi connectivity index (χ3v) is 3.06. The monoisotopic (exact) mass is 206 g/mol. The Labute approximate surface area is 85.8 Å². The largest absolute Gasteiger partial charge is 0.497 e. The van der Waals surface area contributed by atoms with E-state index in [2.05, 4.69) is 0 Å². The first-order valence-corrected chi connectivity index (χ1v) is 5.11. The van der Waals surface area contributed by atoms with Crippen molar-refractivity contribution in [2.24, 2.45) is 0 Å². The third kappa shape index (κ3) is 1.51. The minimum atomic E-state index is 0.0823. The highest BCUT2D eigenvalue weighted by Gasteiger charge is 2.01. The lowest BCUT2D eigenvalue weighted by molar-refractivity contribution is 0.415. The van der Waals surface area contributed by atoms with Crippen LogP contribution in [0.25, 0.3) is 10.1 Å². The summed E-state index contributed by atoms with van der Waals surface area (Å²) < 4.78 is 6.09. The predicted molar refractivity (Wildman–Crippen MR) is 59.4 cm³/mol.